The minimum absolute atomic E-state index is 0.476. The molecule has 1 aromatic rings. The van der Waals surface area contributed by atoms with Gasteiger partial charge >= 0.3 is 0 Å². The largest absolute Gasteiger partial charge is 0.388 e. The normalized spacial score (nSPS) is 18.1. The van der Waals surface area contributed by atoms with Crippen LogP contribution in [0.5, 0.6) is 0 Å². The summed E-state index contributed by atoms with van der Waals surface area (Å²) in [7, 11) is 2.17. The summed E-state index contributed by atoms with van der Waals surface area (Å²) in [5.74, 6) is 0.811. The molecule has 0 aromatic heterocycles. The lowest BCUT2D eigenvalue weighted by atomic mass is 10.0. The maximum atomic E-state index is 10.5. The van der Waals surface area contributed by atoms with Crippen molar-refractivity contribution in [3.05, 3.63) is 35.9 Å². The zero-order chi connectivity index (χ0) is 18.8. The number of hydrogen-bond acceptors (Lipinski definition) is 3. The predicted octanol–water partition coefficient (Wildman–Crippen LogP) is 2.76. The number of aliphatic hydroxyl groups is 1. The summed E-state index contributed by atoms with van der Waals surface area (Å²) in [5, 5.41) is 17.2. The molecule has 0 radical (unpaired) electrons. The molecule has 1 unspecified atom stereocenters. The maximum Gasteiger partial charge on any atom is 0.191 e. The van der Waals surface area contributed by atoms with Gasteiger partial charge in [0.2, 0.25) is 0 Å². The van der Waals surface area contributed by atoms with Gasteiger partial charge in [-0.25, -0.2) is 0 Å². The van der Waals surface area contributed by atoms with E-state index < -0.39 is 5.60 Å². The van der Waals surface area contributed by atoms with Crippen molar-refractivity contribution < 1.29 is 5.11 Å². The molecule has 0 saturated heterocycles. The Morgan fingerprint density at radius 1 is 1.23 bits per heavy atom. The second kappa shape index (κ2) is 10.5. The molecule has 1 atom stereocenters. The molecular formula is C21H36N4O. The van der Waals surface area contributed by atoms with E-state index >= 15 is 0 Å². The minimum Gasteiger partial charge on any atom is -0.388 e. The van der Waals surface area contributed by atoms with Gasteiger partial charge < -0.3 is 15.7 Å². The summed E-state index contributed by atoms with van der Waals surface area (Å²) in [4.78, 5) is 6.98. The molecule has 1 saturated carbocycles. The number of benzene rings is 1. The van der Waals surface area contributed by atoms with Gasteiger partial charge in [-0.05, 0) is 45.7 Å². The first kappa shape index (κ1) is 20.7. The zero-order valence-electron chi connectivity index (χ0n) is 16.7. The number of nitrogens with one attached hydrogen (secondary N) is 2. The average Bonchev–Trinajstić information content (AvgIpc) is 3.07. The Morgan fingerprint density at radius 3 is 2.58 bits per heavy atom. The predicted molar refractivity (Wildman–Crippen MR) is 109 cm³/mol. The van der Waals surface area contributed by atoms with Crippen molar-refractivity contribution in [1.29, 1.82) is 0 Å². The quantitative estimate of drug-likeness (QED) is 0.468. The Hall–Kier alpha value is -1.59. The van der Waals surface area contributed by atoms with Crippen LogP contribution in [0, 0.1) is 0 Å². The van der Waals surface area contributed by atoms with E-state index in [9.17, 15) is 5.11 Å². The number of aliphatic imine (C=N–C) groups is 1. The number of nitrogens with zero attached hydrogens (tertiary/aromatic N) is 2. The summed E-state index contributed by atoms with van der Waals surface area (Å²) in [6.07, 6.45) is 5.01. The van der Waals surface area contributed by atoms with Gasteiger partial charge in [0.1, 0.15) is 0 Å². The van der Waals surface area contributed by atoms with Crippen molar-refractivity contribution in [2.75, 3.05) is 26.7 Å². The highest BCUT2D eigenvalue weighted by Gasteiger charge is 2.30. The van der Waals surface area contributed by atoms with E-state index in [0.717, 1.165) is 57.7 Å². The van der Waals surface area contributed by atoms with Crippen LogP contribution < -0.4 is 10.6 Å². The SMILES string of the molecule is CCNC(=NCC1(O)CCCC1)NCCC(C)N(C)Cc1ccccc1. The van der Waals surface area contributed by atoms with Crippen LogP contribution in [-0.2, 0) is 6.54 Å². The fraction of sp³-hybridized carbons (Fsp3) is 0.667. The van der Waals surface area contributed by atoms with Crippen molar-refractivity contribution in [2.24, 2.45) is 4.99 Å². The molecule has 0 amide bonds. The lowest BCUT2D eigenvalue weighted by molar-refractivity contribution is 0.0574. The molecule has 1 aromatic carbocycles. The molecule has 1 aliphatic rings. The third-order valence-corrected chi connectivity index (χ3v) is 5.29. The lowest BCUT2D eigenvalue weighted by Gasteiger charge is -2.25. The third kappa shape index (κ3) is 6.96. The molecule has 1 fully saturated rings. The van der Waals surface area contributed by atoms with Crippen molar-refractivity contribution >= 4 is 5.96 Å². The summed E-state index contributed by atoms with van der Waals surface area (Å²) in [6, 6.07) is 11.1. The average molecular weight is 361 g/mol. The summed E-state index contributed by atoms with van der Waals surface area (Å²) in [6.45, 7) is 7.47. The molecule has 0 spiro atoms. The van der Waals surface area contributed by atoms with E-state index in [1.165, 1.54) is 5.56 Å². The van der Waals surface area contributed by atoms with Crippen LogP contribution in [0.2, 0.25) is 0 Å². The van der Waals surface area contributed by atoms with E-state index in [2.05, 4.69) is 71.8 Å². The van der Waals surface area contributed by atoms with Crippen LogP contribution in [0.4, 0.5) is 0 Å². The summed E-state index contributed by atoms with van der Waals surface area (Å²) < 4.78 is 0. The Balaban J connectivity index is 1.75. The Bertz CT molecular complexity index is 540. The van der Waals surface area contributed by atoms with Gasteiger partial charge in [0, 0.05) is 25.7 Å². The van der Waals surface area contributed by atoms with Crippen LogP contribution in [0.25, 0.3) is 0 Å². The van der Waals surface area contributed by atoms with Crippen LogP contribution in [-0.4, -0.2) is 54.3 Å². The second-order valence-electron chi connectivity index (χ2n) is 7.59. The van der Waals surface area contributed by atoms with Gasteiger partial charge in [0.15, 0.2) is 5.96 Å². The highest BCUT2D eigenvalue weighted by atomic mass is 16.3. The fourth-order valence-corrected chi connectivity index (χ4v) is 3.41. The number of hydrogen-bond donors (Lipinski definition) is 3. The molecule has 5 nitrogen and oxygen atoms in total. The van der Waals surface area contributed by atoms with Gasteiger partial charge in [0.05, 0.1) is 12.1 Å². The minimum atomic E-state index is -0.592. The Kier molecular flexibility index (Phi) is 8.39. The van der Waals surface area contributed by atoms with Crippen molar-refractivity contribution in [1.82, 2.24) is 15.5 Å². The molecule has 3 N–H and O–H groups in total. The molecular weight excluding hydrogens is 324 g/mol. The topological polar surface area (TPSA) is 59.9 Å². The molecule has 26 heavy (non-hydrogen) atoms. The van der Waals surface area contributed by atoms with Gasteiger partial charge in [-0.2, -0.15) is 0 Å². The van der Waals surface area contributed by atoms with Crippen LogP contribution in [0.1, 0.15) is 51.5 Å². The first-order chi connectivity index (χ1) is 12.5. The van der Waals surface area contributed by atoms with Gasteiger partial charge in [0.25, 0.3) is 0 Å². The van der Waals surface area contributed by atoms with E-state index in [1.54, 1.807) is 0 Å². The third-order valence-electron chi connectivity index (χ3n) is 5.29. The van der Waals surface area contributed by atoms with E-state index in [1.807, 2.05) is 0 Å². The summed E-state index contributed by atoms with van der Waals surface area (Å²) in [5.41, 5.74) is 0.750. The number of rotatable bonds is 9. The zero-order valence-corrected chi connectivity index (χ0v) is 16.7. The van der Waals surface area contributed by atoms with Crippen molar-refractivity contribution in [3.8, 4) is 0 Å². The van der Waals surface area contributed by atoms with Crippen LogP contribution in [0.15, 0.2) is 35.3 Å². The van der Waals surface area contributed by atoms with Crippen molar-refractivity contribution in [3.63, 3.8) is 0 Å². The molecule has 0 aliphatic heterocycles. The Labute approximate surface area is 158 Å². The molecule has 5 heteroatoms. The molecule has 0 heterocycles. The highest BCUT2D eigenvalue weighted by Crippen LogP contribution is 2.29. The van der Waals surface area contributed by atoms with Gasteiger partial charge in [-0.1, -0.05) is 43.2 Å². The van der Waals surface area contributed by atoms with Crippen LogP contribution >= 0.6 is 0 Å². The highest BCUT2D eigenvalue weighted by molar-refractivity contribution is 5.79. The molecule has 146 valence electrons. The van der Waals surface area contributed by atoms with E-state index in [-0.39, 0.29) is 0 Å². The van der Waals surface area contributed by atoms with E-state index in [0.29, 0.717) is 12.6 Å². The van der Waals surface area contributed by atoms with E-state index in [4.69, 9.17) is 0 Å². The molecule has 2 rings (SSSR count). The van der Waals surface area contributed by atoms with Gasteiger partial charge in [-0.15, -0.1) is 0 Å². The Morgan fingerprint density at radius 2 is 1.92 bits per heavy atom. The standard InChI is InChI=1S/C21H36N4O/c1-4-22-20(24-17-21(26)13-8-9-14-21)23-15-12-18(2)25(3)16-19-10-6-5-7-11-19/h5-7,10-11,18,26H,4,8-9,12-17H2,1-3H3,(H2,22,23,24). The van der Waals surface area contributed by atoms with Gasteiger partial charge in [-0.3, -0.25) is 9.89 Å². The lowest BCUT2D eigenvalue weighted by Crippen LogP contribution is -2.41. The molecule has 1 aliphatic carbocycles. The first-order valence-corrected chi connectivity index (χ1v) is 10.0. The first-order valence-electron chi connectivity index (χ1n) is 10.0. The molecule has 0 bridgehead atoms. The monoisotopic (exact) mass is 360 g/mol. The smallest absolute Gasteiger partial charge is 0.191 e. The van der Waals surface area contributed by atoms with Crippen molar-refractivity contribution in [2.45, 2.75) is 64.1 Å². The van der Waals surface area contributed by atoms with Crippen LogP contribution in [0.3, 0.4) is 0 Å². The number of guanidine groups is 1. The second-order valence-corrected chi connectivity index (χ2v) is 7.59. The maximum absolute atomic E-state index is 10.5. The summed E-state index contributed by atoms with van der Waals surface area (Å²) >= 11 is 0. The fourth-order valence-electron chi connectivity index (χ4n) is 3.41.